The maximum Gasteiger partial charge on any atom is 0.433 e. The van der Waals surface area contributed by atoms with Gasteiger partial charge in [0.2, 0.25) is 0 Å². The van der Waals surface area contributed by atoms with E-state index < -0.39 is 23.6 Å². The van der Waals surface area contributed by atoms with E-state index in [4.69, 9.17) is 0 Å². The molecule has 2 rings (SSSR count). The van der Waals surface area contributed by atoms with Crippen LogP contribution in [-0.4, -0.2) is 10.9 Å². The maximum absolute atomic E-state index is 13.0. The van der Waals surface area contributed by atoms with E-state index in [9.17, 15) is 22.4 Å². The molecule has 1 N–H and O–H groups in total. The van der Waals surface area contributed by atoms with Gasteiger partial charge >= 0.3 is 6.18 Å². The molecule has 0 atom stereocenters. The van der Waals surface area contributed by atoms with Gasteiger partial charge in [-0.05, 0) is 36.8 Å². The Balaban J connectivity index is 2.10. The van der Waals surface area contributed by atoms with Gasteiger partial charge in [0.1, 0.15) is 11.5 Å². The van der Waals surface area contributed by atoms with E-state index in [1.54, 1.807) is 6.07 Å². The van der Waals surface area contributed by atoms with Crippen molar-refractivity contribution in [3.05, 3.63) is 64.7 Å². The molecule has 1 amide bonds. The molecule has 22 heavy (non-hydrogen) atoms. The summed E-state index contributed by atoms with van der Waals surface area (Å²) in [6.45, 7) is 1.39. The van der Waals surface area contributed by atoms with Gasteiger partial charge in [0.15, 0.2) is 0 Å². The largest absolute Gasteiger partial charge is 0.433 e. The molecule has 0 aliphatic rings. The molecule has 3 nitrogen and oxygen atoms in total. The van der Waals surface area contributed by atoms with Crippen LogP contribution in [0.15, 0.2) is 36.4 Å². The average molecular weight is 312 g/mol. The number of benzene rings is 1. The molecule has 7 heteroatoms. The van der Waals surface area contributed by atoms with Crippen LogP contribution in [0.5, 0.6) is 0 Å². The van der Waals surface area contributed by atoms with Crippen LogP contribution >= 0.6 is 0 Å². The molecule has 0 radical (unpaired) electrons. The quantitative estimate of drug-likeness (QED) is 0.882. The highest BCUT2D eigenvalue weighted by Crippen LogP contribution is 2.28. The maximum atomic E-state index is 13.0. The van der Waals surface area contributed by atoms with Crippen molar-refractivity contribution in [2.75, 3.05) is 0 Å². The molecule has 1 aromatic carbocycles. The minimum Gasteiger partial charge on any atom is -0.348 e. The van der Waals surface area contributed by atoms with E-state index in [1.165, 1.54) is 25.1 Å². The SMILES string of the molecule is Cc1nc(C(F)(F)F)ccc1C(=O)NCc1cccc(F)c1. The van der Waals surface area contributed by atoms with E-state index in [2.05, 4.69) is 10.3 Å². The van der Waals surface area contributed by atoms with Gasteiger partial charge in [-0.15, -0.1) is 0 Å². The number of alkyl halides is 3. The van der Waals surface area contributed by atoms with Gasteiger partial charge in [-0.3, -0.25) is 4.79 Å². The van der Waals surface area contributed by atoms with Gasteiger partial charge in [0.25, 0.3) is 5.91 Å². The third-order valence-corrected chi connectivity index (χ3v) is 2.96. The van der Waals surface area contributed by atoms with Gasteiger partial charge in [-0.2, -0.15) is 13.2 Å². The third kappa shape index (κ3) is 3.81. The second-order valence-corrected chi connectivity index (χ2v) is 4.64. The summed E-state index contributed by atoms with van der Waals surface area (Å²) in [5.41, 5.74) is -0.478. The van der Waals surface area contributed by atoms with E-state index >= 15 is 0 Å². The topological polar surface area (TPSA) is 42.0 Å². The second-order valence-electron chi connectivity index (χ2n) is 4.64. The number of carbonyl (C=O) groups is 1. The van der Waals surface area contributed by atoms with Crippen molar-refractivity contribution in [2.24, 2.45) is 0 Å². The van der Waals surface area contributed by atoms with Crippen molar-refractivity contribution < 1.29 is 22.4 Å². The highest BCUT2D eigenvalue weighted by atomic mass is 19.4. The van der Waals surface area contributed by atoms with Crippen LogP contribution in [-0.2, 0) is 12.7 Å². The van der Waals surface area contributed by atoms with Crippen LogP contribution in [0.4, 0.5) is 17.6 Å². The summed E-state index contributed by atoms with van der Waals surface area (Å²) in [6, 6.07) is 7.49. The van der Waals surface area contributed by atoms with Crippen molar-refractivity contribution >= 4 is 5.91 Å². The number of aromatic nitrogens is 1. The zero-order chi connectivity index (χ0) is 16.3. The zero-order valence-electron chi connectivity index (χ0n) is 11.5. The highest BCUT2D eigenvalue weighted by molar-refractivity contribution is 5.95. The Morgan fingerprint density at radius 3 is 2.55 bits per heavy atom. The van der Waals surface area contributed by atoms with Gasteiger partial charge in [0.05, 0.1) is 11.3 Å². The van der Waals surface area contributed by atoms with E-state index in [-0.39, 0.29) is 17.8 Å². The van der Waals surface area contributed by atoms with Crippen molar-refractivity contribution in [1.29, 1.82) is 0 Å². The number of aryl methyl sites for hydroxylation is 1. The zero-order valence-corrected chi connectivity index (χ0v) is 11.5. The summed E-state index contributed by atoms with van der Waals surface area (Å²) >= 11 is 0. The Bertz CT molecular complexity index is 698. The molecule has 0 spiro atoms. The van der Waals surface area contributed by atoms with E-state index in [0.29, 0.717) is 5.56 Å². The number of amides is 1. The first-order valence-corrected chi connectivity index (χ1v) is 6.35. The normalized spacial score (nSPS) is 11.3. The Labute approximate surface area is 124 Å². The molecule has 0 aliphatic carbocycles. The van der Waals surface area contributed by atoms with Crippen molar-refractivity contribution in [2.45, 2.75) is 19.6 Å². The molecule has 0 bridgehead atoms. The molecular formula is C15H12F4N2O. The third-order valence-electron chi connectivity index (χ3n) is 2.96. The number of hydrogen-bond donors (Lipinski definition) is 1. The predicted molar refractivity (Wildman–Crippen MR) is 71.5 cm³/mol. The van der Waals surface area contributed by atoms with Crippen molar-refractivity contribution in [3.8, 4) is 0 Å². The van der Waals surface area contributed by atoms with Gasteiger partial charge in [-0.1, -0.05) is 12.1 Å². The summed E-state index contributed by atoms with van der Waals surface area (Å²) in [4.78, 5) is 15.3. The number of nitrogens with zero attached hydrogens (tertiary/aromatic N) is 1. The number of halogens is 4. The lowest BCUT2D eigenvalue weighted by molar-refractivity contribution is -0.141. The summed E-state index contributed by atoms with van der Waals surface area (Å²) < 4.78 is 50.5. The summed E-state index contributed by atoms with van der Waals surface area (Å²) in [7, 11) is 0. The lowest BCUT2D eigenvalue weighted by Crippen LogP contribution is -2.24. The van der Waals surface area contributed by atoms with Gasteiger partial charge < -0.3 is 5.32 Å². The number of nitrogens with one attached hydrogen (secondary N) is 1. The second kappa shape index (κ2) is 6.13. The highest BCUT2D eigenvalue weighted by Gasteiger charge is 2.33. The Morgan fingerprint density at radius 1 is 1.23 bits per heavy atom. The first-order chi connectivity index (χ1) is 10.3. The Morgan fingerprint density at radius 2 is 1.95 bits per heavy atom. The van der Waals surface area contributed by atoms with Gasteiger partial charge in [-0.25, -0.2) is 9.37 Å². The summed E-state index contributed by atoms with van der Waals surface area (Å²) in [5, 5.41) is 2.51. The number of carbonyl (C=O) groups excluding carboxylic acids is 1. The smallest absolute Gasteiger partial charge is 0.348 e. The molecular weight excluding hydrogens is 300 g/mol. The number of rotatable bonds is 3. The summed E-state index contributed by atoms with van der Waals surface area (Å²) in [5.74, 6) is -0.998. The van der Waals surface area contributed by atoms with Crippen LogP contribution in [0.1, 0.15) is 27.3 Å². The lowest BCUT2D eigenvalue weighted by atomic mass is 10.1. The first-order valence-electron chi connectivity index (χ1n) is 6.35. The number of pyridine rings is 1. The minimum atomic E-state index is -4.55. The molecule has 116 valence electrons. The molecule has 0 saturated heterocycles. The lowest BCUT2D eigenvalue weighted by Gasteiger charge is -2.10. The van der Waals surface area contributed by atoms with Crippen LogP contribution in [0.25, 0.3) is 0 Å². The molecule has 0 saturated carbocycles. The minimum absolute atomic E-state index is 0.0217. The fraction of sp³-hybridized carbons (Fsp3) is 0.200. The van der Waals surface area contributed by atoms with Crippen molar-refractivity contribution in [1.82, 2.24) is 10.3 Å². The molecule has 0 fully saturated rings. The van der Waals surface area contributed by atoms with Gasteiger partial charge in [0, 0.05) is 6.54 Å². The van der Waals surface area contributed by atoms with Crippen LogP contribution in [0.2, 0.25) is 0 Å². The van der Waals surface area contributed by atoms with E-state index in [1.807, 2.05) is 0 Å². The average Bonchev–Trinajstić information content (AvgIpc) is 2.44. The van der Waals surface area contributed by atoms with Crippen molar-refractivity contribution in [3.63, 3.8) is 0 Å². The number of hydrogen-bond acceptors (Lipinski definition) is 2. The first kappa shape index (κ1) is 15.9. The fourth-order valence-electron chi connectivity index (χ4n) is 1.88. The molecule has 0 unspecified atom stereocenters. The summed E-state index contributed by atoms with van der Waals surface area (Å²) in [6.07, 6.45) is -4.55. The monoisotopic (exact) mass is 312 g/mol. The van der Waals surface area contributed by atoms with Crippen LogP contribution in [0.3, 0.4) is 0 Å². The predicted octanol–water partition coefficient (Wildman–Crippen LogP) is 3.48. The molecule has 1 heterocycles. The van der Waals surface area contributed by atoms with E-state index in [0.717, 1.165) is 12.1 Å². The molecule has 1 aromatic heterocycles. The van der Waals surface area contributed by atoms with Crippen LogP contribution in [0, 0.1) is 12.7 Å². The molecule has 0 aliphatic heterocycles. The fourth-order valence-corrected chi connectivity index (χ4v) is 1.88. The molecule has 2 aromatic rings. The Hall–Kier alpha value is -2.44. The Kier molecular flexibility index (Phi) is 4.44. The van der Waals surface area contributed by atoms with Crippen LogP contribution < -0.4 is 5.32 Å². The standard InChI is InChI=1S/C15H12F4N2O/c1-9-12(5-6-13(21-9)15(17,18)19)14(22)20-8-10-3-2-4-11(16)7-10/h2-7H,8H2,1H3,(H,20,22).